The highest BCUT2D eigenvalue weighted by Gasteiger charge is 2.14. The van der Waals surface area contributed by atoms with Crippen LogP contribution < -0.4 is 5.32 Å². The second-order valence-corrected chi connectivity index (χ2v) is 9.62. The standard InChI is InChI=1S/C30H21N5O2S/c36-26-9-5-6-19-11-16-28(32-29(19)26)33-30(37)23-8-1-2-10-27(23)38-21-13-14-22-24(34-35-25(22)18-21)15-12-20-7-3-4-17-31-20/h1-18,36H,(H,34,35)(H,32,33,37)/b15-12+. The second kappa shape index (κ2) is 10.2. The average Bonchev–Trinajstić information content (AvgIpc) is 3.35. The molecular weight excluding hydrogens is 494 g/mol. The summed E-state index contributed by atoms with van der Waals surface area (Å²) >= 11 is 1.50. The number of hydrogen-bond donors (Lipinski definition) is 3. The molecule has 1 amide bonds. The maximum absolute atomic E-state index is 13.2. The van der Waals surface area contributed by atoms with Crippen LogP contribution in [-0.4, -0.2) is 31.2 Å². The first-order chi connectivity index (χ1) is 18.6. The summed E-state index contributed by atoms with van der Waals surface area (Å²) in [5.74, 6) is 0.160. The SMILES string of the molecule is O=C(Nc1ccc2cccc(O)c2n1)c1ccccc1Sc1ccc2c(/C=C/c3ccccn3)n[nH]c2c1. The number of carbonyl (C=O) groups excluding carboxylic acids is 1. The van der Waals surface area contributed by atoms with E-state index in [1.54, 1.807) is 30.5 Å². The van der Waals surface area contributed by atoms with Gasteiger partial charge in [0.1, 0.15) is 17.1 Å². The molecule has 0 saturated carbocycles. The number of carbonyl (C=O) groups is 1. The Bertz CT molecular complexity index is 1810. The van der Waals surface area contributed by atoms with Crippen molar-refractivity contribution in [2.45, 2.75) is 9.79 Å². The van der Waals surface area contributed by atoms with Gasteiger partial charge in [0, 0.05) is 26.8 Å². The van der Waals surface area contributed by atoms with Gasteiger partial charge in [-0.25, -0.2) is 4.98 Å². The van der Waals surface area contributed by atoms with E-state index in [-0.39, 0.29) is 11.7 Å². The number of phenols is 1. The van der Waals surface area contributed by atoms with Gasteiger partial charge in [-0.05, 0) is 72.8 Å². The maximum atomic E-state index is 13.2. The Morgan fingerprint density at radius 1 is 0.921 bits per heavy atom. The van der Waals surface area contributed by atoms with E-state index < -0.39 is 0 Å². The molecule has 0 atom stereocenters. The first-order valence-electron chi connectivity index (χ1n) is 11.9. The average molecular weight is 516 g/mol. The number of amides is 1. The molecule has 0 aliphatic rings. The van der Waals surface area contributed by atoms with Gasteiger partial charge in [-0.15, -0.1) is 0 Å². The van der Waals surface area contributed by atoms with Crippen molar-refractivity contribution < 1.29 is 9.90 Å². The zero-order valence-electron chi connectivity index (χ0n) is 20.0. The van der Waals surface area contributed by atoms with Crippen molar-refractivity contribution in [1.82, 2.24) is 20.2 Å². The van der Waals surface area contributed by atoms with Crippen molar-refractivity contribution in [3.05, 3.63) is 114 Å². The van der Waals surface area contributed by atoms with Crippen molar-refractivity contribution >= 4 is 57.4 Å². The van der Waals surface area contributed by atoms with Crippen LogP contribution >= 0.6 is 11.8 Å². The summed E-state index contributed by atoms with van der Waals surface area (Å²) in [5.41, 5.74) is 3.56. The van der Waals surface area contributed by atoms with Crippen molar-refractivity contribution in [1.29, 1.82) is 0 Å². The van der Waals surface area contributed by atoms with Gasteiger partial charge in [0.05, 0.1) is 22.5 Å². The molecule has 7 nitrogen and oxygen atoms in total. The number of aromatic amines is 1. The highest BCUT2D eigenvalue weighted by Crippen LogP contribution is 2.33. The lowest BCUT2D eigenvalue weighted by Crippen LogP contribution is -2.14. The Labute approximate surface area is 222 Å². The van der Waals surface area contributed by atoms with Gasteiger partial charge in [0.15, 0.2) is 0 Å². The van der Waals surface area contributed by atoms with Gasteiger partial charge >= 0.3 is 0 Å². The van der Waals surface area contributed by atoms with Crippen LogP contribution in [0.4, 0.5) is 5.82 Å². The van der Waals surface area contributed by atoms with Crippen molar-refractivity contribution in [3.8, 4) is 5.75 Å². The molecular formula is C30H21N5O2S. The number of para-hydroxylation sites is 1. The Balaban J connectivity index is 1.23. The quantitative estimate of drug-likeness (QED) is 0.226. The number of nitrogens with zero attached hydrogens (tertiary/aromatic N) is 3. The Hall–Kier alpha value is -4.95. The molecule has 0 bridgehead atoms. The molecule has 6 aromatic rings. The number of anilines is 1. The minimum atomic E-state index is -0.278. The third kappa shape index (κ3) is 4.85. The number of hydrogen-bond acceptors (Lipinski definition) is 6. The summed E-state index contributed by atoms with van der Waals surface area (Å²) in [6.07, 6.45) is 5.63. The van der Waals surface area contributed by atoms with Crippen LogP contribution in [-0.2, 0) is 0 Å². The molecule has 8 heteroatoms. The topological polar surface area (TPSA) is 104 Å². The summed E-state index contributed by atoms with van der Waals surface area (Å²) in [6.45, 7) is 0. The first-order valence-corrected chi connectivity index (χ1v) is 12.7. The summed E-state index contributed by atoms with van der Waals surface area (Å²) in [7, 11) is 0. The fourth-order valence-electron chi connectivity index (χ4n) is 4.10. The van der Waals surface area contributed by atoms with Gasteiger partial charge in [0.25, 0.3) is 5.91 Å². The molecule has 3 heterocycles. The first kappa shape index (κ1) is 23.4. The summed E-state index contributed by atoms with van der Waals surface area (Å²) in [5, 5.41) is 22.3. The van der Waals surface area contributed by atoms with Gasteiger partial charge in [0.2, 0.25) is 0 Å². The number of nitrogens with one attached hydrogen (secondary N) is 2. The van der Waals surface area contributed by atoms with E-state index in [9.17, 15) is 9.90 Å². The van der Waals surface area contributed by atoms with E-state index in [1.807, 2.05) is 78.9 Å². The van der Waals surface area contributed by atoms with Crippen molar-refractivity contribution in [2.75, 3.05) is 5.32 Å². The molecule has 0 aliphatic carbocycles. The van der Waals surface area contributed by atoms with Crippen molar-refractivity contribution in [2.24, 2.45) is 0 Å². The Morgan fingerprint density at radius 2 is 1.82 bits per heavy atom. The van der Waals surface area contributed by atoms with Crippen molar-refractivity contribution in [3.63, 3.8) is 0 Å². The van der Waals surface area contributed by atoms with Crippen LogP contribution in [0.3, 0.4) is 0 Å². The summed E-state index contributed by atoms with van der Waals surface area (Å²) < 4.78 is 0. The largest absolute Gasteiger partial charge is 0.506 e. The number of H-pyrrole nitrogens is 1. The van der Waals surface area contributed by atoms with E-state index in [2.05, 4.69) is 25.5 Å². The van der Waals surface area contributed by atoms with Crippen LogP contribution in [0.25, 0.3) is 34.0 Å². The number of benzene rings is 3. The lowest BCUT2D eigenvalue weighted by molar-refractivity contribution is 0.102. The summed E-state index contributed by atoms with van der Waals surface area (Å²) in [4.78, 5) is 23.7. The number of fused-ring (bicyclic) bond motifs is 2. The number of rotatable bonds is 6. The molecule has 6 rings (SSSR count). The van der Waals surface area contributed by atoms with Crippen LogP contribution in [0.1, 0.15) is 21.7 Å². The molecule has 184 valence electrons. The van der Waals surface area contributed by atoms with Crippen LogP contribution in [0.15, 0.2) is 107 Å². The molecule has 0 aliphatic heterocycles. The van der Waals surface area contributed by atoms with E-state index in [1.165, 1.54) is 11.8 Å². The zero-order chi connectivity index (χ0) is 25.9. The maximum Gasteiger partial charge on any atom is 0.257 e. The third-order valence-corrected chi connectivity index (χ3v) is 7.03. The van der Waals surface area contributed by atoms with E-state index in [0.717, 1.165) is 37.5 Å². The molecule has 0 saturated heterocycles. The Kier molecular flexibility index (Phi) is 6.29. The van der Waals surface area contributed by atoms with Gasteiger partial charge < -0.3 is 10.4 Å². The van der Waals surface area contributed by atoms with Crippen LogP contribution in [0, 0.1) is 0 Å². The number of pyridine rings is 2. The van der Waals surface area contributed by atoms with E-state index >= 15 is 0 Å². The predicted octanol–water partition coefficient (Wildman–Crippen LogP) is 6.79. The predicted molar refractivity (Wildman–Crippen MR) is 151 cm³/mol. The number of aromatic hydroxyl groups is 1. The smallest absolute Gasteiger partial charge is 0.257 e. The lowest BCUT2D eigenvalue weighted by Gasteiger charge is -2.10. The number of aromatic nitrogens is 4. The molecule has 0 unspecified atom stereocenters. The van der Waals surface area contributed by atoms with Gasteiger partial charge in [-0.3, -0.25) is 14.9 Å². The molecule has 3 aromatic heterocycles. The number of phenolic OH excluding ortho intramolecular Hbond substituents is 1. The van der Waals surface area contributed by atoms with E-state index in [0.29, 0.717) is 16.9 Å². The minimum Gasteiger partial charge on any atom is -0.506 e. The molecule has 38 heavy (non-hydrogen) atoms. The lowest BCUT2D eigenvalue weighted by atomic mass is 10.2. The molecule has 3 aromatic carbocycles. The normalized spacial score (nSPS) is 11.4. The molecule has 0 fully saturated rings. The minimum absolute atomic E-state index is 0.0686. The van der Waals surface area contributed by atoms with Gasteiger partial charge in [-0.1, -0.05) is 42.1 Å². The summed E-state index contributed by atoms with van der Waals surface area (Å²) in [6, 6.07) is 28.0. The second-order valence-electron chi connectivity index (χ2n) is 8.50. The third-order valence-electron chi connectivity index (χ3n) is 5.96. The molecule has 0 spiro atoms. The fraction of sp³-hybridized carbons (Fsp3) is 0. The van der Waals surface area contributed by atoms with Crippen LogP contribution in [0.2, 0.25) is 0 Å². The zero-order valence-corrected chi connectivity index (χ0v) is 20.8. The van der Waals surface area contributed by atoms with Crippen LogP contribution in [0.5, 0.6) is 5.75 Å². The Morgan fingerprint density at radius 3 is 2.71 bits per heavy atom. The molecule has 3 N–H and O–H groups in total. The fourth-order valence-corrected chi connectivity index (χ4v) is 5.09. The molecule has 0 radical (unpaired) electrons. The monoisotopic (exact) mass is 515 g/mol. The van der Waals surface area contributed by atoms with Gasteiger partial charge in [-0.2, -0.15) is 5.10 Å². The van der Waals surface area contributed by atoms with E-state index in [4.69, 9.17) is 0 Å². The highest BCUT2D eigenvalue weighted by atomic mass is 32.2. The highest BCUT2D eigenvalue weighted by molar-refractivity contribution is 7.99.